The van der Waals surface area contributed by atoms with E-state index in [1.54, 1.807) is 0 Å². The van der Waals surface area contributed by atoms with Crippen LogP contribution in [0.1, 0.15) is 105 Å². The van der Waals surface area contributed by atoms with Gasteiger partial charge in [0.15, 0.2) is 0 Å². The van der Waals surface area contributed by atoms with Crippen LogP contribution in [0.15, 0.2) is 0 Å². The van der Waals surface area contributed by atoms with Gasteiger partial charge in [-0.3, -0.25) is 0 Å². The monoisotopic (exact) mass is 268 g/mol. The van der Waals surface area contributed by atoms with Crippen molar-refractivity contribution in [1.29, 1.82) is 0 Å². The molecule has 0 bridgehead atoms. The van der Waals surface area contributed by atoms with Crippen molar-refractivity contribution in [3.05, 3.63) is 0 Å². The molecular formula is C19H40. The van der Waals surface area contributed by atoms with Crippen LogP contribution in [0.3, 0.4) is 0 Å². The van der Waals surface area contributed by atoms with Crippen LogP contribution in [-0.2, 0) is 0 Å². The molecule has 2 atom stereocenters. The van der Waals surface area contributed by atoms with E-state index in [0.717, 1.165) is 17.8 Å². The van der Waals surface area contributed by atoms with Gasteiger partial charge in [0.05, 0.1) is 0 Å². The molecule has 0 aromatic rings. The third-order valence-electron chi connectivity index (χ3n) is 4.40. The van der Waals surface area contributed by atoms with Crippen molar-refractivity contribution >= 4 is 0 Å². The lowest BCUT2D eigenvalue weighted by Crippen LogP contribution is -2.08. The smallest absolute Gasteiger partial charge is 0.0412 e. The first kappa shape index (κ1) is 19.0. The Bertz CT molecular complexity index is 171. The largest absolute Gasteiger partial charge is 0.0654 e. The van der Waals surface area contributed by atoms with Crippen molar-refractivity contribution in [2.45, 2.75) is 105 Å². The van der Waals surface area contributed by atoms with Gasteiger partial charge in [-0.15, -0.1) is 0 Å². The fourth-order valence-electron chi connectivity index (χ4n) is 3.04. The summed E-state index contributed by atoms with van der Waals surface area (Å²) in [5.74, 6) is 2.83. The minimum absolute atomic E-state index is 0.876. The van der Waals surface area contributed by atoms with Crippen LogP contribution in [0.2, 0.25) is 0 Å². The summed E-state index contributed by atoms with van der Waals surface area (Å²) in [7, 11) is 0. The van der Waals surface area contributed by atoms with Crippen LogP contribution in [0.5, 0.6) is 0 Å². The fraction of sp³-hybridized carbons (Fsp3) is 1.00. The molecule has 2 unspecified atom stereocenters. The van der Waals surface area contributed by atoms with Crippen molar-refractivity contribution in [3.63, 3.8) is 0 Å². The summed E-state index contributed by atoms with van der Waals surface area (Å²) < 4.78 is 0. The molecule has 0 aromatic heterocycles. The standard InChI is InChI=1S/C19H40/c1-6-8-10-11-13-19(12-9-7-2)16-18(5)15-14-17(3)4/h17-19H,6-16H2,1-5H3. The molecule has 0 aliphatic heterocycles. The molecule has 0 heterocycles. The van der Waals surface area contributed by atoms with Crippen molar-refractivity contribution in [2.24, 2.45) is 17.8 Å². The van der Waals surface area contributed by atoms with Crippen molar-refractivity contribution < 1.29 is 0 Å². The van der Waals surface area contributed by atoms with Gasteiger partial charge in [-0.05, 0) is 24.2 Å². The first-order chi connectivity index (χ1) is 9.10. The number of hydrogen-bond donors (Lipinski definition) is 0. The maximum atomic E-state index is 2.48. The average molecular weight is 269 g/mol. The Morgan fingerprint density at radius 2 is 1.26 bits per heavy atom. The van der Waals surface area contributed by atoms with Gasteiger partial charge in [0.25, 0.3) is 0 Å². The molecule has 0 N–H and O–H groups in total. The molecule has 0 radical (unpaired) electrons. The van der Waals surface area contributed by atoms with Gasteiger partial charge in [-0.1, -0.05) is 98.8 Å². The SMILES string of the molecule is CCCCCCC(CCCC)CC(C)CCC(C)C. The van der Waals surface area contributed by atoms with Crippen LogP contribution in [-0.4, -0.2) is 0 Å². The molecule has 0 nitrogen and oxygen atoms in total. The summed E-state index contributed by atoms with van der Waals surface area (Å²) in [5.41, 5.74) is 0. The highest BCUT2D eigenvalue weighted by Gasteiger charge is 2.13. The molecule has 0 saturated heterocycles. The van der Waals surface area contributed by atoms with Crippen LogP contribution in [0.4, 0.5) is 0 Å². The van der Waals surface area contributed by atoms with Gasteiger partial charge in [-0.25, -0.2) is 0 Å². The molecule has 0 aromatic carbocycles. The maximum absolute atomic E-state index is 2.48. The molecule has 0 amide bonds. The Labute approximate surface area is 123 Å². The van der Waals surface area contributed by atoms with E-state index >= 15 is 0 Å². The molecule has 0 aliphatic rings. The Kier molecular flexibility index (Phi) is 13.0. The normalized spacial score (nSPS) is 14.8. The minimum Gasteiger partial charge on any atom is -0.0654 e. The molecule has 0 fully saturated rings. The highest BCUT2D eigenvalue weighted by atomic mass is 14.2. The van der Waals surface area contributed by atoms with Crippen LogP contribution < -0.4 is 0 Å². The molecule has 0 spiro atoms. The highest BCUT2D eigenvalue weighted by molar-refractivity contribution is 4.65. The Balaban J connectivity index is 3.88. The fourth-order valence-corrected chi connectivity index (χ4v) is 3.04. The molecular weight excluding hydrogens is 228 g/mol. The zero-order valence-corrected chi connectivity index (χ0v) is 14.5. The molecule has 116 valence electrons. The predicted octanol–water partition coefficient (Wildman–Crippen LogP) is 7.23. The summed E-state index contributed by atoms with van der Waals surface area (Å²) in [6.45, 7) is 11.8. The van der Waals surface area contributed by atoms with E-state index in [1.165, 1.54) is 70.6 Å². The van der Waals surface area contributed by atoms with E-state index in [1.807, 2.05) is 0 Å². The zero-order chi connectivity index (χ0) is 14.5. The Morgan fingerprint density at radius 3 is 1.84 bits per heavy atom. The lowest BCUT2D eigenvalue weighted by atomic mass is 9.85. The second-order valence-corrected chi connectivity index (χ2v) is 7.17. The van der Waals surface area contributed by atoms with Crippen LogP contribution in [0, 0.1) is 17.8 Å². The van der Waals surface area contributed by atoms with Crippen LogP contribution in [0.25, 0.3) is 0 Å². The lowest BCUT2D eigenvalue weighted by molar-refractivity contribution is 0.310. The minimum atomic E-state index is 0.876. The van der Waals surface area contributed by atoms with E-state index < -0.39 is 0 Å². The molecule has 0 aliphatic carbocycles. The van der Waals surface area contributed by atoms with E-state index in [4.69, 9.17) is 0 Å². The second-order valence-electron chi connectivity index (χ2n) is 7.17. The van der Waals surface area contributed by atoms with E-state index in [-0.39, 0.29) is 0 Å². The molecule has 0 rings (SSSR count). The third kappa shape index (κ3) is 12.8. The molecule has 0 heteroatoms. The number of unbranched alkanes of at least 4 members (excludes halogenated alkanes) is 4. The average Bonchev–Trinajstić information content (AvgIpc) is 2.38. The van der Waals surface area contributed by atoms with E-state index in [0.29, 0.717) is 0 Å². The number of rotatable bonds is 13. The molecule has 0 saturated carbocycles. The topological polar surface area (TPSA) is 0 Å². The van der Waals surface area contributed by atoms with Gasteiger partial charge in [0.2, 0.25) is 0 Å². The predicted molar refractivity (Wildman–Crippen MR) is 89.6 cm³/mol. The summed E-state index contributed by atoms with van der Waals surface area (Å²) in [4.78, 5) is 0. The van der Waals surface area contributed by atoms with Crippen LogP contribution >= 0.6 is 0 Å². The summed E-state index contributed by atoms with van der Waals surface area (Å²) in [5, 5.41) is 0. The zero-order valence-electron chi connectivity index (χ0n) is 14.5. The third-order valence-corrected chi connectivity index (χ3v) is 4.40. The second kappa shape index (κ2) is 13.0. The number of hydrogen-bond acceptors (Lipinski definition) is 0. The maximum Gasteiger partial charge on any atom is -0.0412 e. The first-order valence-electron chi connectivity index (χ1n) is 9.10. The lowest BCUT2D eigenvalue weighted by Gasteiger charge is -2.21. The van der Waals surface area contributed by atoms with Crippen molar-refractivity contribution in [2.75, 3.05) is 0 Å². The first-order valence-corrected chi connectivity index (χ1v) is 9.10. The van der Waals surface area contributed by atoms with E-state index in [2.05, 4.69) is 34.6 Å². The summed E-state index contributed by atoms with van der Waals surface area (Å²) in [6.07, 6.45) is 15.8. The summed E-state index contributed by atoms with van der Waals surface area (Å²) >= 11 is 0. The van der Waals surface area contributed by atoms with Gasteiger partial charge in [0.1, 0.15) is 0 Å². The quantitative estimate of drug-likeness (QED) is 0.309. The highest BCUT2D eigenvalue weighted by Crippen LogP contribution is 2.27. The van der Waals surface area contributed by atoms with Gasteiger partial charge in [0, 0.05) is 0 Å². The van der Waals surface area contributed by atoms with Crippen molar-refractivity contribution in [3.8, 4) is 0 Å². The van der Waals surface area contributed by atoms with E-state index in [9.17, 15) is 0 Å². The van der Waals surface area contributed by atoms with Gasteiger partial charge < -0.3 is 0 Å². The van der Waals surface area contributed by atoms with Gasteiger partial charge in [-0.2, -0.15) is 0 Å². The van der Waals surface area contributed by atoms with Crippen molar-refractivity contribution in [1.82, 2.24) is 0 Å². The molecule has 19 heavy (non-hydrogen) atoms. The van der Waals surface area contributed by atoms with Gasteiger partial charge >= 0.3 is 0 Å². The Morgan fingerprint density at radius 1 is 0.632 bits per heavy atom. The summed E-state index contributed by atoms with van der Waals surface area (Å²) in [6, 6.07) is 0. The Hall–Kier alpha value is 0.